The van der Waals surface area contributed by atoms with Crippen LogP contribution in [-0.2, 0) is 19.6 Å². The summed E-state index contributed by atoms with van der Waals surface area (Å²) in [5.41, 5.74) is 0.0991. The average Bonchev–Trinajstić information content (AvgIpc) is 2.85. The molecule has 0 saturated heterocycles. The van der Waals surface area contributed by atoms with Crippen LogP contribution >= 0.6 is 0 Å². The summed E-state index contributed by atoms with van der Waals surface area (Å²) in [5.74, 6) is -0.293. The maximum atomic E-state index is 11.3. The zero-order valence-corrected chi connectivity index (χ0v) is 18.7. The molecule has 0 radical (unpaired) electrons. The lowest BCUT2D eigenvalue weighted by atomic mass is 10.0. The lowest BCUT2D eigenvalue weighted by Gasteiger charge is -2.12. The van der Waals surface area contributed by atoms with Crippen LogP contribution in [0.1, 0.15) is 23.6 Å². The maximum Gasteiger partial charge on any atom is 0.317 e. The first-order chi connectivity index (χ1) is 17.1. The first kappa shape index (κ1) is 25.5. The molecule has 0 spiro atoms. The van der Waals surface area contributed by atoms with Gasteiger partial charge in [0.05, 0.1) is 31.8 Å². The molecule has 3 aromatic carbocycles. The van der Waals surface area contributed by atoms with Crippen LogP contribution in [0.25, 0.3) is 0 Å². The molecule has 14 nitrogen and oxygen atoms in total. The van der Waals surface area contributed by atoms with Crippen molar-refractivity contribution in [3.63, 3.8) is 0 Å². The van der Waals surface area contributed by atoms with E-state index >= 15 is 0 Å². The molecule has 0 heterocycles. The van der Waals surface area contributed by atoms with E-state index in [1.54, 1.807) is 18.2 Å². The minimum Gasteiger partial charge on any atom is -0.482 e. The minimum absolute atomic E-state index is 0.100. The Bertz CT molecular complexity index is 1260. The molecule has 0 amide bonds. The highest BCUT2D eigenvalue weighted by atomic mass is 16.6. The summed E-state index contributed by atoms with van der Waals surface area (Å²) in [6.07, 6.45) is 0.621. The van der Waals surface area contributed by atoms with E-state index in [2.05, 4.69) is 0 Å². The second-order valence-electron chi connectivity index (χ2n) is 7.42. The fourth-order valence-corrected chi connectivity index (χ4v) is 3.30. The Morgan fingerprint density at radius 1 is 0.583 bits per heavy atom. The largest absolute Gasteiger partial charge is 0.482 e. The number of nitrogens with zero attached hydrogens (tertiary/aromatic N) is 4. The first-order valence-corrected chi connectivity index (χ1v) is 10.3. The third-order valence-corrected chi connectivity index (χ3v) is 5.01. The Morgan fingerprint density at radius 2 is 0.972 bits per heavy atom. The Balaban J connectivity index is 1.81. The van der Waals surface area contributed by atoms with Gasteiger partial charge in [-0.15, -0.1) is 0 Å². The van der Waals surface area contributed by atoms with Gasteiger partial charge in [0.2, 0.25) is 0 Å². The van der Waals surface area contributed by atoms with E-state index < -0.39 is 42.4 Å². The molecule has 36 heavy (non-hydrogen) atoms. The highest BCUT2D eigenvalue weighted by Gasteiger charge is 2.22. The van der Waals surface area contributed by atoms with Crippen molar-refractivity contribution in [1.29, 1.82) is 0 Å². The van der Waals surface area contributed by atoms with E-state index in [0.717, 1.165) is 42.0 Å². The average molecular weight is 498 g/mol. The van der Waals surface area contributed by atoms with Crippen LogP contribution in [0.5, 0.6) is 11.5 Å². The molecule has 14 heteroatoms. The van der Waals surface area contributed by atoms with Gasteiger partial charge in [-0.05, 0) is 41.3 Å². The van der Waals surface area contributed by atoms with E-state index in [4.69, 9.17) is 9.47 Å². The summed E-state index contributed by atoms with van der Waals surface area (Å²) in [7, 11) is 0. The molecule has 0 aliphatic heterocycles. The molecule has 0 saturated carbocycles. The van der Waals surface area contributed by atoms with Gasteiger partial charge in [0.1, 0.15) is 13.2 Å². The summed E-state index contributed by atoms with van der Waals surface area (Å²) in [5, 5.41) is 44.4. The number of rotatable bonds is 11. The van der Waals surface area contributed by atoms with Crippen LogP contribution in [0.4, 0.5) is 22.7 Å². The second-order valence-corrected chi connectivity index (χ2v) is 7.42. The monoisotopic (exact) mass is 498 g/mol. The van der Waals surface area contributed by atoms with Crippen molar-refractivity contribution in [2.45, 2.75) is 26.6 Å². The molecule has 0 unspecified atom stereocenters. The number of non-ortho nitro benzene ring substituents is 2. The Labute approximate surface area is 202 Å². The summed E-state index contributed by atoms with van der Waals surface area (Å²) < 4.78 is 11.1. The van der Waals surface area contributed by atoms with Gasteiger partial charge in [-0.25, -0.2) is 0 Å². The molecular weight excluding hydrogens is 480 g/mol. The molecule has 0 aliphatic rings. The van der Waals surface area contributed by atoms with Gasteiger partial charge >= 0.3 is 11.4 Å². The molecular formula is C22H18N4O10. The predicted molar refractivity (Wildman–Crippen MR) is 124 cm³/mol. The molecule has 0 N–H and O–H groups in total. The lowest BCUT2D eigenvalue weighted by molar-refractivity contribution is -0.395. The van der Waals surface area contributed by atoms with Crippen molar-refractivity contribution in [3.8, 4) is 11.5 Å². The molecule has 186 valence electrons. The number of nitro benzene ring substituents is 4. The van der Waals surface area contributed by atoms with E-state index in [1.807, 2.05) is 6.92 Å². The van der Waals surface area contributed by atoms with E-state index in [0.29, 0.717) is 17.5 Å². The highest BCUT2D eigenvalue weighted by Crippen LogP contribution is 2.33. The number of hydrogen-bond acceptors (Lipinski definition) is 10. The molecule has 0 fully saturated rings. The predicted octanol–water partition coefficient (Wildman–Crippen LogP) is 5.04. The van der Waals surface area contributed by atoms with Crippen LogP contribution in [0.2, 0.25) is 0 Å². The van der Waals surface area contributed by atoms with Crippen LogP contribution in [0.3, 0.4) is 0 Å². The van der Waals surface area contributed by atoms with Crippen molar-refractivity contribution in [3.05, 3.63) is 112 Å². The Kier molecular flexibility index (Phi) is 7.69. The van der Waals surface area contributed by atoms with Gasteiger partial charge in [-0.3, -0.25) is 40.5 Å². The molecule has 0 aliphatic carbocycles. The smallest absolute Gasteiger partial charge is 0.317 e. The SMILES string of the molecule is CCc1cc(COc2ccc([N+](=O)[O-])cc2[N+](=O)[O-])cc(COc2ccc([N+](=O)[O-])cc2[N+](=O)[O-])c1. The van der Waals surface area contributed by atoms with Crippen LogP contribution in [-0.4, -0.2) is 19.7 Å². The van der Waals surface area contributed by atoms with E-state index in [-0.39, 0.29) is 24.7 Å². The van der Waals surface area contributed by atoms with Crippen LogP contribution < -0.4 is 9.47 Å². The second kappa shape index (κ2) is 10.9. The molecule has 3 rings (SSSR count). The maximum absolute atomic E-state index is 11.3. The molecule has 0 atom stereocenters. The zero-order chi connectivity index (χ0) is 26.4. The standard InChI is InChI=1S/C22H18N4O10/c1-2-14-7-15(12-35-21-5-3-17(23(27)28)10-19(21)25(31)32)9-16(8-14)13-36-22-6-4-18(24(29)30)11-20(22)26(33)34/h3-11H,2,12-13H2,1H3. The van der Waals surface area contributed by atoms with E-state index in [9.17, 15) is 40.5 Å². The summed E-state index contributed by atoms with van der Waals surface area (Å²) in [6.45, 7) is 1.70. The molecule has 0 bridgehead atoms. The number of hydrogen-bond donors (Lipinski definition) is 0. The van der Waals surface area contributed by atoms with Crippen molar-refractivity contribution >= 4 is 22.7 Å². The zero-order valence-electron chi connectivity index (χ0n) is 18.7. The van der Waals surface area contributed by atoms with Gasteiger partial charge in [0.25, 0.3) is 11.4 Å². The molecule has 3 aromatic rings. The number of benzene rings is 3. The van der Waals surface area contributed by atoms with Crippen molar-refractivity contribution < 1.29 is 29.2 Å². The van der Waals surface area contributed by atoms with E-state index in [1.165, 1.54) is 0 Å². The number of ether oxygens (including phenoxy) is 2. The van der Waals surface area contributed by atoms with Gasteiger partial charge in [-0.2, -0.15) is 0 Å². The van der Waals surface area contributed by atoms with Gasteiger partial charge in [0, 0.05) is 12.1 Å². The third-order valence-electron chi connectivity index (χ3n) is 5.01. The minimum atomic E-state index is -0.777. The summed E-state index contributed by atoms with van der Waals surface area (Å²) in [6, 6.07) is 11.4. The van der Waals surface area contributed by atoms with Crippen molar-refractivity contribution in [1.82, 2.24) is 0 Å². The lowest BCUT2D eigenvalue weighted by Crippen LogP contribution is -2.04. The Hall–Kier alpha value is -5.14. The van der Waals surface area contributed by atoms with Crippen LogP contribution in [0, 0.1) is 40.5 Å². The Morgan fingerprint density at radius 3 is 1.31 bits per heavy atom. The summed E-state index contributed by atoms with van der Waals surface area (Å²) >= 11 is 0. The summed E-state index contributed by atoms with van der Waals surface area (Å²) in [4.78, 5) is 41.4. The van der Waals surface area contributed by atoms with Crippen molar-refractivity contribution in [2.24, 2.45) is 0 Å². The fourth-order valence-electron chi connectivity index (χ4n) is 3.30. The topological polar surface area (TPSA) is 191 Å². The fraction of sp³-hybridized carbons (Fsp3) is 0.182. The third kappa shape index (κ3) is 6.05. The van der Waals surface area contributed by atoms with Crippen LogP contribution in [0.15, 0.2) is 54.6 Å². The number of aryl methyl sites for hydroxylation is 1. The highest BCUT2D eigenvalue weighted by molar-refractivity contribution is 5.54. The quantitative estimate of drug-likeness (QED) is 0.255. The number of nitro groups is 4. The van der Waals surface area contributed by atoms with Gasteiger partial charge in [0.15, 0.2) is 11.5 Å². The van der Waals surface area contributed by atoms with Gasteiger partial charge in [-0.1, -0.05) is 19.1 Å². The van der Waals surface area contributed by atoms with Crippen molar-refractivity contribution in [2.75, 3.05) is 0 Å². The van der Waals surface area contributed by atoms with Gasteiger partial charge < -0.3 is 9.47 Å². The normalized spacial score (nSPS) is 10.5. The first-order valence-electron chi connectivity index (χ1n) is 10.3. The molecule has 0 aromatic heterocycles.